The largest absolute Gasteiger partial charge is 0.346 e. The number of piperidine rings is 1. The maximum atomic E-state index is 12.7. The number of halogens is 1. The molecule has 0 saturated carbocycles. The molecule has 2 atom stereocenters. The minimum atomic E-state index is -0.162. The Morgan fingerprint density at radius 3 is 2.48 bits per heavy atom. The van der Waals surface area contributed by atoms with Gasteiger partial charge < -0.3 is 10.6 Å². The zero-order valence-corrected chi connectivity index (χ0v) is 17.4. The van der Waals surface area contributed by atoms with E-state index in [1.807, 2.05) is 37.3 Å². The Labute approximate surface area is 177 Å². The third kappa shape index (κ3) is 4.49. The van der Waals surface area contributed by atoms with Gasteiger partial charge in [0.2, 0.25) is 0 Å². The molecule has 1 aliphatic rings. The number of nitrogens with zero attached hydrogens (tertiary/aromatic N) is 3. The summed E-state index contributed by atoms with van der Waals surface area (Å²) in [6.07, 6.45) is 1.06. The fourth-order valence-corrected chi connectivity index (χ4v) is 3.63. The lowest BCUT2D eigenvalue weighted by Gasteiger charge is -2.29. The van der Waals surface area contributed by atoms with Crippen LogP contribution in [-0.4, -0.2) is 40.0 Å². The second kappa shape index (κ2) is 9.20. The van der Waals surface area contributed by atoms with Gasteiger partial charge >= 0.3 is 0 Å². The van der Waals surface area contributed by atoms with Crippen LogP contribution in [0.4, 0.5) is 0 Å². The van der Waals surface area contributed by atoms with Gasteiger partial charge in [-0.3, -0.25) is 4.79 Å². The zero-order chi connectivity index (χ0) is 19.5. The number of rotatable bonds is 4. The van der Waals surface area contributed by atoms with Crippen LogP contribution in [0, 0.1) is 12.8 Å². The third-order valence-electron chi connectivity index (χ3n) is 5.47. The minimum absolute atomic E-state index is 0. The molecule has 1 fully saturated rings. The lowest BCUT2D eigenvalue weighted by molar-refractivity contribution is 0.0909. The molecule has 0 aliphatic carbocycles. The zero-order valence-electron chi connectivity index (χ0n) is 16.6. The predicted molar refractivity (Wildman–Crippen MR) is 117 cm³/mol. The van der Waals surface area contributed by atoms with Crippen LogP contribution in [0.2, 0.25) is 0 Å². The van der Waals surface area contributed by atoms with Gasteiger partial charge in [-0.25, -0.2) is 4.68 Å². The molecule has 7 heteroatoms. The van der Waals surface area contributed by atoms with Crippen molar-refractivity contribution in [3.05, 3.63) is 66.0 Å². The Morgan fingerprint density at radius 1 is 1.10 bits per heavy atom. The van der Waals surface area contributed by atoms with Gasteiger partial charge in [-0.05, 0) is 49.1 Å². The van der Waals surface area contributed by atoms with Crippen LogP contribution in [0.15, 0.2) is 54.6 Å². The molecule has 1 aromatic heterocycles. The van der Waals surface area contributed by atoms with Gasteiger partial charge in [0, 0.05) is 12.6 Å². The first kappa shape index (κ1) is 21.0. The standard InChI is InChI=1S/C22H25N5O.ClH/c1-15-12-13-23-14-20(15)24-22(28)21-16(2)27(26-25-21)19-10-8-18(9-11-19)17-6-4-3-5-7-17;/h3-11,15,20,23H,12-14H2,1-2H3,(H,24,28);1H. The first-order valence-corrected chi connectivity index (χ1v) is 9.73. The number of carbonyl (C=O) groups is 1. The Kier molecular flexibility index (Phi) is 6.67. The van der Waals surface area contributed by atoms with Crippen molar-refractivity contribution in [2.24, 2.45) is 5.92 Å². The van der Waals surface area contributed by atoms with Gasteiger partial charge in [-0.1, -0.05) is 54.6 Å². The molecule has 29 heavy (non-hydrogen) atoms. The van der Waals surface area contributed by atoms with Crippen molar-refractivity contribution < 1.29 is 4.79 Å². The SMILES string of the molecule is Cc1c(C(=O)NC2CNCCC2C)nnn1-c1ccc(-c2ccccc2)cc1.Cl. The molecule has 1 aliphatic heterocycles. The van der Waals surface area contributed by atoms with Crippen LogP contribution in [0.3, 0.4) is 0 Å². The van der Waals surface area contributed by atoms with Gasteiger partial charge in [0.1, 0.15) is 0 Å². The lowest BCUT2D eigenvalue weighted by atomic mass is 9.95. The molecule has 1 saturated heterocycles. The minimum Gasteiger partial charge on any atom is -0.346 e. The first-order chi connectivity index (χ1) is 13.6. The highest BCUT2D eigenvalue weighted by Crippen LogP contribution is 2.21. The lowest BCUT2D eigenvalue weighted by Crippen LogP contribution is -2.50. The van der Waals surface area contributed by atoms with E-state index in [0.717, 1.165) is 36.5 Å². The Morgan fingerprint density at radius 2 is 1.79 bits per heavy atom. The van der Waals surface area contributed by atoms with Gasteiger partial charge in [0.15, 0.2) is 5.69 Å². The van der Waals surface area contributed by atoms with Crippen LogP contribution >= 0.6 is 12.4 Å². The quantitative estimate of drug-likeness (QED) is 0.690. The molecule has 152 valence electrons. The summed E-state index contributed by atoms with van der Waals surface area (Å²) in [6, 6.07) is 18.5. The van der Waals surface area contributed by atoms with Crippen molar-refractivity contribution in [3.63, 3.8) is 0 Å². The first-order valence-electron chi connectivity index (χ1n) is 9.73. The number of hydrogen-bond acceptors (Lipinski definition) is 4. The summed E-state index contributed by atoms with van der Waals surface area (Å²) in [5, 5.41) is 14.8. The fraction of sp³-hybridized carbons (Fsp3) is 0.318. The average molecular weight is 412 g/mol. The highest BCUT2D eigenvalue weighted by molar-refractivity contribution is 5.93. The van der Waals surface area contributed by atoms with Crippen molar-refractivity contribution in [1.82, 2.24) is 25.6 Å². The highest BCUT2D eigenvalue weighted by atomic mass is 35.5. The molecular formula is C22H26ClN5O. The number of hydrogen-bond donors (Lipinski definition) is 2. The molecular weight excluding hydrogens is 386 g/mol. The molecule has 1 amide bonds. The molecule has 2 N–H and O–H groups in total. The second-order valence-corrected chi connectivity index (χ2v) is 7.40. The van der Waals surface area contributed by atoms with E-state index in [-0.39, 0.29) is 24.4 Å². The van der Waals surface area contributed by atoms with Gasteiger partial charge in [-0.2, -0.15) is 0 Å². The number of carbonyl (C=O) groups excluding carboxylic acids is 1. The van der Waals surface area contributed by atoms with E-state index in [9.17, 15) is 4.79 Å². The van der Waals surface area contributed by atoms with E-state index in [0.29, 0.717) is 11.6 Å². The summed E-state index contributed by atoms with van der Waals surface area (Å²) < 4.78 is 1.71. The molecule has 2 unspecified atom stereocenters. The van der Waals surface area contributed by atoms with Crippen molar-refractivity contribution in [3.8, 4) is 16.8 Å². The molecule has 2 aromatic carbocycles. The van der Waals surface area contributed by atoms with Crippen LogP contribution in [0.1, 0.15) is 29.5 Å². The smallest absolute Gasteiger partial charge is 0.274 e. The van der Waals surface area contributed by atoms with Gasteiger partial charge in [0.25, 0.3) is 5.91 Å². The summed E-state index contributed by atoms with van der Waals surface area (Å²) in [5.74, 6) is 0.288. The molecule has 4 rings (SSSR count). The summed E-state index contributed by atoms with van der Waals surface area (Å²) in [5.41, 5.74) is 4.31. The van der Waals surface area contributed by atoms with Gasteiger partial charge in [0.05, 0.1) is 11.4 Å². The number of amides is 1. The number of nitrogens with one attached hydrogen (secondary N) is 2. The average Bonchev–Trinajstić information content (AvgIpc) is 3.12. The van der Waals surface area contributed by atoms with Crippen LogP contribution in [0.5, 0.6) is 0 Å². The van der Waals surface area contributed by atoms with Crippen LogP contribution < -0.4 is 10.6 Å². The molecule has 2 heterocycles. The number of benzene rings is 2. The van der Waals surface area contributed by atoms with Gasteiger partial charge in [-0.15, -0.1) is 17.5 Å². The predicted octanol–water partition coefficient (Wildman–Crippen LogP) is 3.39. The summed E-state index contributed by atoms with van der Waals surface area (Å²) in [6.45, 7) is 5.84. The maximum Gasteiger partial charge on any atom is 0.274 e. The third-order valence-corrected chi connectivity index (χ3v) is 5.47. The Balaban J connectivity index is 0.00000240. The van der Waals surface area contributed by atoms with E-state index in [2.05, 4.69) is 52.1 Å². The maximum absolute atomic E-state index is 12.7. The molecule has 0 spiro atoms. The normalized spacial score (nSPS) is 18.7. The summed E-state index contributed by atoms with van der Waals surface area (Å²) in [7, 11) is 0. The topological polar surface area (TPSA) is 71.8 Å². The fourth-order valence-electron chi connectivity index (χ4n) is 3.63. The Bertz CT molecular complexity index is 955. The van der Waals surface area contributed by atoms with Crippen molar-refractivity contribution in [2.75, 3.05) is 13.1 Å². The highest BCUT2D eigenvalue weighted by Gasteiger charge is 2.25. The van der Waals surface area contributed by atoms with E-state index < -0.39 is 0 Å². The second-order valence-electron chi connectivity index (χ2n) is 7.40. The molecule has 0 bridgehead atoms. The van der Waals surface area contributed by atoms with E-state index in [1.54, 1.807) is 4.68 Å². The molecule has 0 radical (unpaired) electrons. The molecule has 3 aromatic rings. The van der Waals surface area contributed by atoms with E-state index in [1.165, 1.54) is 5.56 Å². The van der Waals surface area contributed by atoms with Crippen LogP contribution in [-0.2, 0) is 0 Å². The van der Waals surface area contributed by atoms with Crippen LogP contribution in [0.25, 0.3) is 16.8 Å². The monoisotopic (exact) mass is 411 g/mol. The van der Waals surface area contributed by atoms with Crippen molar-refractivity contribution in [1.29, 1.82) is 0 Å². The van der Waals surface area contributed by atoms with Crippen molar-refractivity contribution in [2.45, 2.75) is 26.3 Å². The summed E-state index contributed by atoms with van der Waals surface area (Å²) >= 11 is 0. The van der Waals surface area contributed by atoms with Crippen molar-refractivity contribution >= 4 is 18.3 Å². The van der Waals surface area contributed by atoms with E-state index in [4.69, 9.17) is 0 Å². The Hall–Kier alpha value is -2.70. The number of aromatic nitrogens is 3. The summed E-state index contributed by atoms with van der Waals surface area (Å²) in [4.78, 5) is 12.7. The van der Waals surface area contributed by atoms with E-state index >= 15 is 0 Å². The molecule has 6 nitrogen and oxygen atoms in total.